The predicted octanol–water partition coefficient (Wildman–Crippen LogP) is 6.29. The zero-order valence-corrected chi connectivity index (χ0v) is 19.5. The molecule has 2 rings (SSSR count). The number of hydrogen-bond acceptors (Lipinski definition) is 3. The van der Waals surface area contributed by atoms with Crippen molar-refractivity contribution in [2.45, 2.75) is 103 Å². The second-order valence-electron chi connectivity index (χ2n) is 9.18. The van der Waals surface area contributed by atoms with E-state index in [4.69, 9.17) is 0 Å². The molecule has 0 spiro atoms. The van der Waals surface area contributed by atoms with Crippen molar-refractivity contribution in [3.8, 4) is 0 Å². The Kier molecular flexibility index (Phi) is 7.72. The van der Waals surface area contributed by atoms with Crippen LogP contribution in [-0.2, 0) is 10.0 Å². The van der Waals surface area contributed by atoms with Crippen molar-refractivity contribution in [1.82, 2.24) is 4.83 Å². The monoisotopic (exact) mass is 406 g/mol. The summed E-state index contributed by atoms with van der Waals surface area (Å²) in [7, 11) is -3.73. The van der Waals surface area contributed by atoms with Crippen LogP contribution in [0.5, 0.6) is 0 Å². The van der Waals surface area contributed by atoms with Crippen molar-refractivity contribution in [2.24, 2.45) is 11.0 Å². The summed E-state index contributed by atoms with van der Waals surface area (Å²) in [5, 5.41) is 4.33. The van der Waals surface area contributed by atoms with Crippen molar-refractivity contribution >= 4 is 15.7 Å². The van der Waals surface area contributed by atoms with Gasteiger partial charge in [0.15, 0.2) is 0 Å². The second kappa shape index (κ2) is 9.43. The fourth-order valence-electron chi connectivity index (χ4n) is 3.99. The summed E-state index contributed by atoms with van der Waals surface area (Å²) in [4.78, 5) is 2.99. The van der Waals surface area contributed by atoms with Crippen molar-refractivity contribution in [2.75, 3.05) is 0 Å². The Bertz CT molecular complexity index is 773. The highest BCUT2D eigenvalue weighted by Gasteiger charge is 2.27. The summed E-state index contributed by atoms with van der Waals surface area (Å²) in [5.74, 6) is 0.984. The van der Waals surface area contributed by atoms with Gasteiger partial charge in [-0.15, -0.1) is 0 Å². The number of hydrazone groups is 1. The summed E-state index contributed by atoms with van der Waals surface area (Å²) in [6.07, 6.45) is 5.89. The van der Waals surface area contributed by atoms with Crippen LogP contribution in [0.4, 0.5) is 0 Å². The quantitative estimate of drug-likeness (QED) is 0.427. The summed E-state index contributed by atoms with van der Waals surface area (Å²) >= 11 is 0. The van der Waals surface area contributed by atoms with Gasteiger partial charge in [-0.1, -0.05) is 72.9 Å². The molecule has 0 heterocycles. The van der Waals surface area contributed by atoms with Crippen LogP contribution >= 0.6 is 0 Å². The third-order valence-corrected chi connectivity index (χ3v) is 7.23. The van der Waals surface area contributed by atoms with Gasteiger partial charge in [0.25, 0.3) is 10.0 Å². The molecular weight excluding hydrogens is 368 g/mol. The Balaban J connectivity index is 2.48. The Morgan fingerprint density at radius 3 is 1.86 bits per heavy atom. The van der Waals surface area contributed by atoms with Gasteiger partial charge in [-0.25, -0.2) is 4.83 Å². The maximum absolute atomic E-state index is 13.3. The molecule has 0 bridgehead atoms. The summed E-state index contributed by atoms with van der Waals surface area (Å²) in [6.45, 7) is 14.5. The van der Waals surface area contributed by atoms with Crippen LogP contribution in [0.2, 0.25) is 0 Å². The fourth-order valence-corrected chi connectivity index (χ4v) is 5.55. The first kappa shape index (κ1) is 22.9. The second-order valence-corrected chi connectivity index (χ2v) is 10.8. The number of benzene rings is 1. The van der Waals surface area contributed by atoms with Gasteiger partial charge < -0.3 is 0 Å². The first-order chi connectivity index (χ1) is 13.0. The molecule has 0 aromatic heterocycles. The van der Waals surface area contributed by atoms with Gasteiger partial charge in [-0.3, -0.25) is 0 Å². The van der Waals surface area contributed by atoms with Gasteiger partial charge in [0.1, 0.15) is 0 Å². The van der Waals surface area contributed by atoms with E-state index in [2.05, 4.69) is 63.6 Å². The molecule has 158 valence electrons. The van der Waals surface area contributed by atoms with Gasteiger partial charge in [-0.05, 0) is 60.1 Å². The van der Waals surface area contributed by atoms with Crippen molar-refractivity contribution in [3.05, 3.63) is 28.8 Å². The SMILES string of the molecule is CC(=NNS(=O)(=O)c1c(C(C)C)cc(C(C)C)cc1C(C)C)C1CCCCC1. The lowest BCUT2D eigenvalue weighted by Gasteiger charge is -2.23. The van der Waals surface area contributed by atoms with E-state index in [1.54, 1.807) is 0 Å². The van der Waals surface area contributed by atoms with Crippen LogP contribution in [-0.4, -0.2) is 14.1 Å². The first-order valence-electron chi connectivity index (χ1n) is 10.8. The molecule has 0 atom stereocenters. The third kappa shape index (κ3) is 5.37. The average molecular weight is 407 g/mol. The van der Waals surface area contributed by atoms with Crippen LogP contribution in [0.1, 0.15) is 115 Å². The van der Waals surface area contributed by atoms with E-state index in [9.17, 15) is 8.42 Å². The Hall–Kier alpha value is -1.36. The molecule has 5 heteroatoms. The van der Waals surface area contributed by atoms with Crippen LogP contribution in [0.3, 0.4) is 0 Å². The highest BCUT2D eigenvalue weighted by atomic mass is 32.2. The number of sulfonamides is 1. The van der Waals surface area contributed by atoms with Crippen molar-refractivity contribution in [3.63, 3.8) is 0 Å². The van der Waals surface area contributed by atoms with E-state index in [0.717, 1.165) is 29.7 Å². The Morgan fingerprint density at radius 1 is 0.929 bits per heavy atom. The number of nitrogens with one attached hydrogen (secondary N) is 1. The van der Waals surface area contributed by atoms with E-state index >= 15 is 0 Å². The largest absolute Gasteiger partial charge is 0.277 e. The predicted molar refractivity (Wildman–Crippen MR) is 119 cm³/mol. The topological polar surface area (TPSA) is 58.5 Å². The first-order valence-corrected chi connectivity index (χ1v) is 12.3. The van der Waals surface area contributed by atoms with Crippen molar-refractivity contribution < 1.29 is 8.42 Å². The van der Waals surface area contributed by atoms with E-state index in [0.29, 0.717) is 16.7 Å². The lowest BCUT2D eigenvalue weighted by Crippen LogP contribution is -2.26. The minimum absolute atomic E-state index is 0.117. The van der Waals surface area contributed by atoms with Gasteiger partial charge in [0.2, 0.25) is 0 Å². The molecule has 28 heavy (non-hydrogen) atoms. The molecule has 0 unspecified atom stereocenters. The molecule has 1 aromatic rings. The molecule has 0 aliphatic heterocycles. The average Bonchev–Trinajstić information content (AvgIpc) is 2.65. The molecule has 0 radical (unpaired) electrons. The van der Waals surface area contributed by atoms with E-state index < -0.39 is 10.0 Å². The highest BCUT2D eigenvalue weighted by Crippen LogP contribution is 2.35. The summed E-state index contributed by atoms with van der Waals surface area (Å²) in [5.41, 5.74) is 3.85. The van der Waals surface area contributed by atoms with E-state index in [1.165, 1.54) is 24.8 Å². The molecule has 1 aliphatic carbocycles. The lowest BCUT2D eigenvalue weighted by molar-refractivity contribution is 0.437. The van der Waals surface area contributed by atoms with Gasteiger partial charge in [0.05, 0.1) is 4.90 Å². The van der Waals surface area contributed by atoms with Crippen LogP contribution in [0, 0.1) is 5.92 Å². The zero-order chi connectivity index (χ0) is 21.1. The minimum atomic E-state index is -3.73. The highest BCUT2D eigenvalue weighted by molar-refractivity contribution is 7.89. The number of rotatable bonds is 7. The van der Waals surface area contributed by atoms with E-state index in [-0.39, 0.29) is 11.8 Å². The van der Waals surface area contributed by atoms with Gasteiger partial charge >= 0.3 is 0 Å². The molecule has 1 aromatic carbocycles. The molecule has 1 aliphatic rings. The zero-order valence-electron chi connectivity index (χ0n) is 18.7. The number of hydrogen-bond donors (Lipinski definition) is 1. The van der Waals surface area contributed by atoms with Crippen LogP contribution in [0.15, 0.2) is 22.1 Å². The molecule has 1 fully saturated rings. The fraction of sp³-hybridized carbons (Fsp3) is 0.696. The standard InChI is InChI=1S/C23H38N2O2S/c1-15(2)20-13-21(16(3)4)23(22(14-20)17(5)6)28(26,27)25-24-18(7)19-11-9-8-10-12-19/h13-17,19,25H,8-12H2,1-7H3. The maximum atomic E-state index is 13.3. The van der Waals surface area contributed by atoms with E-state index in [1.807, 2.05) is 6.92 Å². The molecule has 1 N–H and O–H groups in total. The van der Waals surface area contributed by atoms with Crippen LogP contribution < -0.4 is 4.83 Å². The normalized spacial score (nSPS) is 17.0. The Labute approximate surface area is 172 Å². The molecular formula is C23H38N2O2S. The Morgan fingerprint density at radius 2 is 1.43 bits per heavy atom. The summed E-state index contributed by atoms with van der Waals surface area (Å²) in [6, 6.07) is 4.13. The molecule has 4 nitrogen and oxygen atoms in total. The molecule has 0 saturated heterocycles. The van der Waals surface area contributed by atoms with Crippen LogP contribution in [0.25, 0.3) is 0 Å². The lowest BCUT2D eigenvalue weighted by atomic mass is 9.86. The summed E-state index contributed by atoms with van der Waals surface area (Å²) < 4.78 is 26.7. The van der Waals surface area contributed by atoms with Crippen molar-refractivity contribution in [1.29, 1.82) is 0 Å². The maximum Gasteiger partial charge on any atom is 0.277 e. The smallest absolute Gasteiger partial charge is 0.200 e. The molecule has 1 saturated carbocycles. The third-order valence-electron chi connectivity index (χ3n) is 5.89. The van der Waals surface area contributed by atoms with Gasteiger partial charge in [-0.2, -0.15) is 13.5 Å². The number of nitrogens with zero attached hydrogens (tertiary/aromatic N) is 1. The minimum Gasteiger partial charge on any atom is -0.200 e. The van der Waals surface area contributed by atoms with Gasteiger partial charge in [0, 0.05) is 5.71 Å². The molecule has 0 amide bonds.